The minimum absolute atomic E-state index is 0.668. The van der Waals surface area contributed by atoms with Gasteiger partial charge in [-0.25, -0.2) is 4.79 Å². The first-order chi connectivity index (χ1) is 5.65. The quantitative estimate of drug-likeness (QED) is 0.357. The third kappa shape index (κ3) is 1.42. The Morgan fingerprint density at radius 3 is 2.08 bits per heavy atom. The van der Waals surface area contributed by atoms with Crippen LogP contribution in [0.4, 0.5) is 4.79 Å². The highest BCUT2D eigenvalue weighted by Crippen LogP contribution is 1.99. The van der Waals surface area contributed by atoms with Crippen LogP contribution >= 0.6 is 0 Å². The van der Waals surface area contributed by atoms with Gasteiger partial charge in [-0.2, -0.15) is 0 Å². The van der Waals surface area contributed by atoms with Crippen molar-refractivity contribution in [3.8, 4) is 11.8 Å². The number of carbonyl (C=O) groups excluding carboxylic acids is 3. The van der Waals surface area contributed by atoms with Crippen molar-refractivity contribution in [2.75, 3.05) is 0 Å². The minimum atomic E-state index is -1.06. The number of barbiturate groups is 1. The second-order valence-electron chi connectivity index (χ2n) is 2.13. The maximum Gasteiger partial charge on any atom is 0.328 e. The van der Waals surface area contributed by atoms with E-state index in [1.165, 1.54) is 6.92 Å². The van der Waals surface area contributed by atoms with E-state index < -0.39 is 23.8 Å². The summed E-state index contributed by atoms with van der Waals surface area (Å²) in [7, 11) is 0. The number of hydrogen-bond acceptors (Lipinski definition) is 3. The van der Waals surface area contributed by atoms with Crippen LogP contribution in [0, 0.1) is 17.8 Å². The molecule has 0 bridgehead atoms. The first-order valence-electron chi connectivity index (χ1n) is 3.23. The maximum atomic E-state index is 10.9. The molecule has 0 saturated carbocycles. The molecule has 1 aliphatic rings. The van der Waals surface area contributed by atoms with Crippen LogP contribution in [0.25, 0.3) is 0 Å². The van der Waals surface area contributed by atoms with E-state index in [2.05, 4.69) is 11.8 Å². The van der Waals surface area contributed by atoms with Crippen LogP contribution in [0.3, 0.4) is 0 Å². The predicted octanol–water partition coefficient (Wildman–Crippen LogP) is -1.01. The Labute approximate surface area is 68.5 Å². The zero-order valence-electron chi connectivity index (χ0n) is 6.30. The van der Waals surface area contributed by atoms with Crippen molar-refractivity contribution in [2.24, 2.45) is 5.92 Å². The van der Waals surface area contributed by atoms with Crippen molar-refractivity contribution in [2.45, 2.75) is 6.92 Å². The van der Waals surface area contributed by atoms with Gasteiger partial charge in [0.1, 0.15) is 0 Å². The van der Waals surface area contributed by atoms with E-state index in [0.717, 1.165) is 0 Å². The highest BCUT2D eigenvalue weighted by atomic mass is 16.2. The fourth-order valence-corrected chi connectivity index (χ4v) is 0.794. The van der Waals surface area contributed by atoms with E-state index in [1.54, 1.807) is 0 Å². The van der Waals surface area contributed by atoms with Crippen LogP contribution in [0.2, 0.25) is 0 Å². The van der Waals surface area contributed by atoms with Crippen molar-refractivity contribution < 1.29 is 14.4 Å². The number of carbonyl (C=O) groups is 3. The van der Waals surface area contributed by atoms with Gasteiger partial charge in [0.15, 0.2) is 5.92 Å². The molecule has 0 aromatic heterocycles. The van der Waals surface area contributed by atoms with E-state index >= 15 is 0 Å². The molecule has 0 spiro atoms. The fourth-order valence-electron chi connectivity index (χ4n) is 0.794. The smallest absolute Gasteiger partial charge is 0.276 e. The normalized spacial score (nSPS) is 17.6. The molecule has 0 unspecified atom stereocenters. The van der Waals surface area contributed by atoms with Gasteiger partial charge in [-0.05, 0) is 6.92 Å². The first-order valence-corrected chi connectivity index (χ1v) is 3.23. The maximum absolute atomic E-state index is 10.9. The van der Waals surface area contributed by atoms with Gasteiger partial charge >= 0.3 is 6.03 Å². The number of urea groups is 1. The molecule has 1 rings (SSSR count). The molecular formula is C7H6N2O3. The molecule has 62 valence electrons. The molecule has 0 aromatic carbocycles. The average molecular weight is 166 g/mol. The van der Waals surface area contributed by atoms with E-state index in [1.807, 2.05) is 10.6 Å². The number of imide groups is 2. The van der Waals surface area contributed by atoms with Gasteiger partial charge in [0.05, 0.1) is 0 Å². The number of hydrogen-bond donors (Lipinski definition) is 2. The molecule has 12 heavy (non-hydrogen) atoms. The molecule has 0 radical (unpaired) electrons. The van der Waals surface area contributed by atoms with E-state index in [9.17, 15) is 14.4 Å². The summed E-state index contributed by atoms with van der Waals surface area (Å²) in [5, 5.41) is 3.86. The Morgan fingerprint density at radius 2 is 1.67 bits per heavy atom. The molecule has 0 atom stereocenters. The Morgan fingerprint density at radius 1 is 1.17 bits per heavy atom. The zero-order valence-corrected chi connectivity index (χ0v) is 6.30. The van der Waals surface area contributed by atoms with Crippen molar-refractivity contribution in [1.82, 2.24) is 10.6 Å². The SMILES string of the molecule is CC#CC1C(=O)NC(=O)NC1=O. The second kappa shape index (κ2) is 3.05. The summed E-state index contributed by atoms with van der Waals surface area (Å²) in [5.74, 6) is 2.41. The lowest BCUT2D eigenvalue weighted by Gasteiger charge is -2.15. The molecule has 5 nitrogen and oxygen atoms in total. The van der Waals surface area contributed by atoms with Crippen molar-refractivity contribution in [1.29, 1.82) is 0 Å². The summed E-state index contributed by atoms with van der Waals surface area (Å²) in [6.07, 6.45) is 0. The topological polar surface area (TPSA) is 75.3 Å². The van der Waals surface area contributed by atoms with Crippen LogP contribution in [0.1, 0.15) is 6.92 Å². The van der Waals surface area contributed by atoms with Crippen LogP contribution in [-0.4, -0.2) is 17.8 Å². The number of rotatable bonds is 0. The van der Waals surface area contributed by atoms with Crippen molar-refractivity contribution in [3.05, 3.63) is 0 Å². The Bertz CT molecular complexity index is 290. The second-order valence-corrected chi connectivity index (χ2v) is 2.13. The monoisotopic (exact) mass is 166 g/mol. The fraction of sp³-hybridized carbons (Fsp3) is 0.286. The van der Waals surface area contributed by atoms with E-state index in [-0.39, 0.29) is 0 Å². The molecule has 1 aliphatic heterocycles. The molecule has 5 heteroatoms. The first kappa shape index (κ1) is 8.27. The zero-order chi connectivity index (χ0) is 9.14. The van der Waals surface area contributed by atoms with E-state index in [0.29, 0.717) is 0 Å². The Kier molecular flexibility index (Phi) is 2.10. The standard InChI is InChI=1S/C7H6N2O3/c1-2-3-4-5(10)8-7(12)9-6(4)11/h4H,1H3,(H2,8,9,10,11,12). The van der Waals surface area contributed by atoms with Gasteiger partial charge in [0.2, 0.25) is 0 Å². The van der Waals surface area contributed by atoms with Gasteiger partial charge in [-0.3, -0.25) is 20.2 Å². The summed E-state index contributed by atoms with van der Waals surface area (Å²) in [4.78, 5) is 32.3. The van der Waals surface area contributed by atoms with Gasteiger partial charge < -0.3 is 0 Å². The lowest BCUT2D eigenvalue weighted by Crippen LogP contribution is -2.55. The molecular weight excluding hydrogens is 160 g/mol. The summed E-state index contributed by atoms with van der Waals surface area (Å²) in [6.45, 7) is 1.51. The largest absolute Gasteiger partial charge is 0.328 e. The molecule has 0 aromatic rings. The van der Waals surface area contributed by atoms with Gasteiger partial charge in [-0.1, -0.05) is 5.92 Å². The summed E-state index contributed by atoms with van der Waals surface area (Å²) in [6, 6.07) is -0.792. The predicted molar refractivity (Wildman–Crippen MR) is 38.6 cm³/mol. The number of amides is 4. The van der Waals surface area contributed by atoms with Crippen molar-refractivity contribution in [3.63, 3.8) is 0 Å². The van der Waals surface area contributed by atoms with Crippen LogP contribution < -0.4 is 10.6 Å². The molecule has 1 fully saturated rings. The lowest BCUT2D eigenvalue weighted by atomic mass is 10.1. The Hall–Kier alpha value is -1.83. The molecule has 1 heterocycles. The lowest BCUT2D eigenvalue weighted by molar-refractivity contribution is -0.133. The number of nitrogens with one attached hydrogen (secondary N) is 2. The third-order valence-electron chi connectivity index (χ3n) is 1.29. The van der Waals surface area contributed by atoms with Crippen LogP contribution in [0.15, 0.2) is 0 Å². The molecule has 2 N–H and O–H groups in total. The molecule has 4 amide bonds. The van der Waals surface area contributed by atoms with E-state index in [4.69, 9.17) is 0 Å². The van der Waals surface area contributed by atoms with Crippen LogP contribution in [0.5, 0.6) is 0 Å². The van der Waals surface area contributed by atoms with Gasteiger partial charge in [-0.15, -0.1) is 5.92 Å². The van der Waals surface area contributed by atoms with Gasteiger partial charge in [0.25, 0.3) is 11.8 Å². The van der Waals surface area contributed by atoms with Gasteiger partial charge in [0, 0.05) is 0 Å². The highest BCUT2D eigenvalue weighted by molar-refractivity contribution is 6.17. The minimum Gasteiger partial charge on any atom is -0.276 e. The molecule has 0 aliphatic carbocycles. The Balaban J connectivity index is 2.85. The highest BCUT2D eigenvalue weighted by Gasteiger charge is 2.32. The van der Waals surface area contributed by atoms with Crippen LogP contribution in [-0.2, 0) is 9.59 Å². The summed E-state index contributed by atoms with van der Waals surface area (Å²) < 4.78 is 0. The van der Waals surface area contributed by atoms with Crippen molar-refractivity contribution >= 4 is 17.8 Å². The average Bonchev–Trinajstić information content (AvgIpc) is 1.96. The summed E-state index contributed by atoms with van der Waals surface area (Å²) in [5.41, 5.74) is 0. The summed E-state index contributed by atoms with van der Waals surface area (Å²) >= 11 is 0. The third-order valence-corrected chi connectivity index (χ3v) is 1.29. The molecule has 1 saturated heterocycles.